The summed E-state index contributed by atoms with van der Waals surface area (Å²) >= 11 is 0. The first-order chi connectivity index (χ1) is 7.84. The van der Waals surface area contributed by atoms with Crippen LogP contribution in [0.25, 0.3) is 0 Å². The van der Waals surface area contributed by atoms with Gasteiger partial charge in [0, 0.05) is 32.0 Å². The van der Waals surface area contributed by atoms with Crippen LogP contribution in [0.2, 0.25) is 0 Å². The fourth-order valence-corrected chi connectivity index (χ4v) is 1.78. The van der Waals surface area contributed by atoms with Gasteiger partial charge in [-0.1, -0.05) is 6.07 Å². The predicted octanol–water partition coefficient (Wildman–Crippen LogP) is 1.51. The SMILES string of the molecule is CN(CCNCC1CC1)Cc1cccnc1. The van der Waals surface area contributed by atoms with Gasteiger partial charge in [-0.3, -0.25) is 4.98 Å². The van der Waals surface area contributed by atoms with Crippen LogP contribution in [-0.2, 0) is 6.54 Å². The van der Waals surface area contributed by atoms with Crippen molar-refractivity contribution in [3.05, 3.63) is 30.1 Å². The van der Waals surface area contributed by atoms with Gasteiger partial charge in [0.05, 0.1) is 0 Å². The van der Waals surface area contributed by atoms with E-state index in [1.807, 2.05) is 18.5 Å². The molecule has 0 spiro atoms. The minimum absolute atomic E-state index is 0.976. The van der Waals surface area contributed by atoms with Crippen LogP contribution in [0.15, 0.2) is 24.5 Å². The average Bonchev–Trinajstić information content (AvgIpc) is 3.10. The summed E-state index contributed by atoms with van der Waals surface area (Å²) in [5, 5.41) is 3.51. The molecule has 16 heavy (non-hydrogen) atoms. The molecule has 0 bridgehead atoms. The van der Waals surface area contributed by atoms with E-state index in [1.54, 1.807) is 0 Å². The first-order valence-corrected chi connectivity index (χ1v) is 6.13. The Hall–Kier alpha value is -0.930. The molecule has 1 fully saturated rings. The van der Waals surface area contributed by atoms with Gasteiger partial charge >= 0.3 is 0 Å². The van der Waals surface area contributed by atoms with Crippen molar-refractivity contribution in [1.82, 2.24) is 15.2 Å². The van der Waals surface area contributed by atoms with E-state index in [0.29, 0.717) is 0 Å². The lowest BCUT2D eigenvalue weighted by Crippen LogP contribution is -2.30. The number of aromatic nitrogens is 1. The number of rotatable bonds is 7. The zero-order valence-corrected chi connectivity index (χ0v) is 10.0. The topological polar surface area (TPSA) is 28.2 Å². The third-order valence-corrected chi connectivity index (χ3v) is 2.98. The highest BCUT2D eigenvalue weighted by molar-refractivity contribution is 5.07. The van der Waals surface area contributed by atoms with Gasteiger partial charge in [-0.15, -0.1) is 0 Å². The van der Waals surface area contributed by atoms with Crippen molar-refractivity contribution < 1.29 is 0 Å². The van der Waals surface area contributed by atoms with E-state index < -0.39 is 0 Å². The Kier molecular flexibility index (Phi) is 4.31. The van der Waals surface area contributed by atoms with E-state index in [4.69, 9.17) is 0 Å². The second-order valence-electron chi connectivity index (χ2n) is 4.75. The van der Waals surface area contributed by atoms with Crippen LogP contribution in [0.5, 0.6) is 0 Å². The highest BCUT2D eigenvalue weighted by Crippen LogP contribution is 2.27. The Labute approximate surface area is 97.9 Å². The molecule has 0 amide bonds. The van der Waals surface area contributed by atoms with E-state index in [1.165, 1.54) is 24.9 Å². The monoisotopic (exact) mass is 219 g/mol. The van der Waals surface area contributed by atoms with E-state index in [-0.39, 0.29) is 0 Å². The van der Waals surface area contributed by atoms with Gasteiger partial charge in [-0.05, 0) is 44.0 Å². The molecule has 3 heteroatoms. The van der Waals surface area contributed by atoms with Crippen LogP contribution >= 0.6 is 0 Å². The lowest BCUT2D eigenvalue weighted by molar-refractivity contribution is 0.323. The molecular weight excluding hydrogens is 198 g/mol. The molecule has 0 aliphatic heterocycles. The molecule has 0 atom stereocenters. The fraction of sp³-hybridized carbons (Fsp3) is 0.615. The summed E-state index contributed by atoms with van der Waals surface area (Å²) in [7, 11) is 2.16. The molecule has 0 aromatic carbocycles. The Morgan fingerprint density at radius 2 is 2.38 bits per heavy atom. The summed E-state index contributed by atoms with van der Waals surface area (Å²) in [6.45, 7) is 4.38. The quantitative estimate of drug-likeness (QED) is 0.705. The largest absolute Gasteiger partial charge is 0.315 e. The van der Waals surface area contributed by atoms with Crippen LogP contribution in [0.1, 0.15) is 18.4 Å². The number of nitrogens with one attached hydrogen (secondary N) is 1. The van der Waals surface area contributed by atoms with Gasteiger partial charge in [0.1, 0.15) is 0 Å². The highest BCUT2D eigenvalue weighted by atomic mass is 15.1. The molecule has 1 aliphatic rings. The highest BCUT2D eigenvalue weighted by Gasteiger charge is 2.19. The van der Waals surface area contributed by atoms with Crippen LogP contribution in [0, 0.1) is 5.92 Å². The van der Waals surface area contributed by atoms with Gasteiger partial charge in [0.25, 0.3) is 0 Å². The van der Waals surface area contributed by atoms with Gasteiger partial charge in [-0.2, -0.15) is 0 Å². The average molecular weight is 219 g/mol. The first-order valence-electron chi connectivity index (χ1n) is 6.13. The van der Waals surface area contributed by atoms with E-state index in [9.17, 15) is 0 Å². The molecule has 1 heterocycles. The minimum atomic E-state index is 0.976. The van der Waals surface area contributed by atoms with Gasteiger partial charge in [0.15, 0.2) is 0 Å². The van der Waals surface area contributed by atoms with E-state index in [0.717, 1.165) is 25.6 Å². The minimum Gasteiger partial charge on any atom is -0.315 e. The molecule has 2 rings (SSSR count). The maximum Gasteiger partial charge on any atom is 0.0312 e. The standard InChI is InChI=1S/C13H21N3/c1-16(8-7-15-9-12-4-5-12)11-13-3-2-6-14-10-13/h2-3,6,10,12,15H,4-5,7-9,11H2,1H3. The third kappa shape index (κ3) is 4.29. The maximum absolute atomic E-state index is 4.12. The van der Waals surface area contributed by atoms with Crippen molar-refractivity contribution in [3.63, 3.8) is 0 Å². The molecule has 3 nitrogen and oxygen atoms in total. The Morgan fingerprint density at radius 3 is 3.06 bits per heavy atom. The van der Waals surface area contributed by atoms with Gasteiger partial charge in [-0.25, -0.2) is 0 Å². The predicted molar refractivity (Wildman–Crippen MR) is 66.2 cm³/mol. The summed E-state index contributed by atoms with van der Waals surface area (Å²) in [6.07, 6.45) is 6.62. The molecule has 88 valence electrons. The van der Waals surface area contributed by atoms with Crippen molar-refractivity contribution in [2.24, 2.45) is 5.92 Å². The molecule has 0 radical (unpaired) electrons. The first kappa shape index (κ1) is 11.6. The summed E-state index contributed by atoms with van der Waals surface area (Å²) in [6, 6.07) is 4.12. The Balaban J connectivity index is 1.58. The van der Waals surface area contributed by atoms with E-state index >= 15 is 0 Å². The number of hydrogen-bond acceptors (Lipinski definition) is 3. The van der Waals surface area contributed by atoms with Crippen molar-refractivity contribution in [1.29, 1.82) is 0 Å². The molecule has 0 saturated heterocycles. The molecule has 1 aromatic heterocycles. The molecule has 1 saturated carbocycles. The smallest absolute Gasteiger partial charge is 0.0312 e. The summed E-state index contributed by atoms with van der Waals surface area (Å²) in [5.41, 5.74) is 1.28. The second-order valence-corrected chi connectivity index (χ2v) is 4.75. The number of nitrogens with zero attached hydrogens (tertiary/aromatic N) is 2. The Morgan fingerprint density at radius 1 is 1.50 bits per heavy atom. The fourth-order valence-electron chi connectivity index (χ4n) is 1.78. The van der Waals surface area contributed by atoms with Crippen LogP contribution < -0.4 is 5.32 Å². The summed E-state index contributed by atoms with van der Waals surface area (Å²) in [4.78, 5) is 6.45. The van der Waals surface area contributed by atoms with Crippen LogP contribution in [-0.4, -0.2) is 36.6 Å². The number of pyridine rings is 1. The van der Waals surface area contributed by atoms with Crippen LogP contribution in [0.3, 0.4) is 0 Å². The Bertz CT molecular complexity index is 295. The maximum atomic E-state index is 4.12. The zero-order chi connectivity index (χ0) is 11.2. The molecule has 1 aliphatic carbocycles. The molecule has 0 unspecified atom stereocenters. The molecular formula is C13H21N3. The van der Waals surface area contributed by atoms with E-state index in [2.05, 4.69) is 28.3 Å². The lowest BCUT2D eigenvalue weighted by Gasteiger charge is -2.16. The zero-order valence-electron chi connectivity index (χ0n) is 10.0. The molecule has 1 aromatic rings. The van der Waals surface area contributed by atoms with Crippen molar-refractivity contribution in [2.45, 2.75) is 19.4 Å². The van der Waals surface area contributed by atoms with Crippen molar-refractivity contribution in [2.75, 3.05) is 26.7 Å². The van der Waals surface area contributed by atoms with Gasteiger partial charge < -0.3 is 10.2 Å². The number of hydrogen-bond donors (Lipinski definition) is 1. The lowest BCUT2D eigenvalue weighted by atomic mass is 10.3. The second kappa shape index (κ2) is 5.97. The van der Waals surface area contributed by atoms with Crippen molar-refractivity contribution >= 4 is 0 Å². The van der Waals surface area contributed by atoms with Gasteiger partial charge in [0.2, 0.25) is 0 Å². The third-order valence-electron chi connectivity index (χ3n) is 2.98. The normalized spacial score (nSPS) is 15.6. The number of likely N-dealkylation sites (N-methyl/N-ethyl adjacent to an activating group) is 1. The summed E-state index contributed by atoms with van der Waals surface area (Å²) in [5.74, 6) is 0.976. The van der Waals surface area contributed by atoms with Crippen LogP contribution in [0.4, 0.5) is 0 Å². The molecule has 1 N–H and O–H groups in total. The van der Waals surface area contributed by atoms with Crippen molar-refractivity contribution in [3.8, 4) is 0 Å². The summed E-state index contributed by atoms with van der Waals surface area (Å²) < 4.78 is 0.